The van der Waals surface area contributed by atoms with E-state index in [1.807, 2.05) is 55.5 Å². The largest absolute Gasteiger partial charge is 0.370 e. The van der Waals surface area contributed by atoms with Crippen LogP contribution < -0.4 is 5.73 Å². The van der Waals surface area contributed by atoms with Gasteiger partial charge in [-0.25, -0.2) is 9.38 Å². The second-order valence-corrected chi connectivity index (χ2v) is 7.77. The van der Waals surface area contributed by atoms with Gasteiger partial charge in [0.1, 0.15) is 12.4 Å². The van der Waals surface area contributed by atoms with Crippen LogP contribution in [-0.2, 0) is 6.54 Å². The molecular weight excluding hydrogens is 379 g/mol. The standard InChI is InChI=1S/C24H27FN4O/c1-17(19-10-11-21(22(25)14-19)18-8-4-2-5-9-18)23-15-20(30-28-23)16-27-24(26)29-12-6-3-7-13-29/h2,4-5,8-11,14-15,17H,3,6-7,12-13,16H2,1H3,(H2,26,27). The summed E-state index contributed by atoms with van der Waals surface area (Å²) in [7, 11) is 0. The predicted molar refractivity (Wildman–Crippen MR) is 117 cm³/mol. The van der Waals surface area contributed by atoms with Crippen LogP contribution in [0.15, 0.2) is 64.1 Å². The van der Waals surface area contributed by atoms with Gasteiger partial charge < -0.3 is 15.2 Å². The van der Waals surface area contributed by atoms with Crippen molar-refractivity contribution < 1.29 is 8.91 Å². The van der Waals surface area contributed by atoms with Crippen molar-refractivity contribution in [1.29, 1.82) is 0 Å². The Labute approximate surface area is 176 Å². The number of aliphatic imine (C=N–C) groups is 1. The first-order valence-corrected chi connectivity index (χ1v) is 10.5. The van der Waals surface area contributed by atoms with Crippen molar-refractivity contribution >= 4 is 5.96 Å². The molecule has 2 heterocycles. The Kier molecular flexibility index (Phi) is 6.12. The molecule has 156 valence electrons. The minimum absolute atomic E-state index is 0.0924. The van der Waals surface area contributed by atoms with Crippen LogP contribution in [0.5, 0.6) is 0 Å². The number of guanidine groups is 1. The van der Waals surface area contributed by atoms with Crippen molar-refractivity contribution in [3.8, 4) is 11.1 Å². The molecule has 1 aliphatic heterocycles. The molecule has 0 radical (unpaired) electrons. The van der Waals surface area contributed by atoms with Crippen LogP contribution in [0.3, 0.4) is 0 Å². The number of likely N-dealkylation sites (tertiary alicyclic amines) is 1. The summed E-state index contributed by atoms with van der Waals surface area (Å²) in [6, 6.07) is 16.8. The third-order valence-electron chi connectivity index (χ3n) is 5.68. The van der Waals surface area contributed by atoms with E-state index >= 15 is 0 Å². The SMILES string of the molecule is CC(c1ccc(-c2ccccc2)c(F)c1)c1cc(CN=C(N)N2CCCCC2)on1. The van der Waals surface area contributed by atoms with Gasteiger partial charge in [0.25, 0.3) is 0 Å². The summed E-state index contributed by atoms with van der Waals surface area (Å²) in [4.78, 5) is 6.56. The van der Waals surface area contributed by atoms with Crippen LogP contribution in [-0.4, -0.2) is 29.1 Å². The average Bonchev–Trinajstić information content (AvgIpc) is 3.27. The minimum atomic E-state index is -0.242. The number of rotatable bonds is 5. The molecule has 0 spiro atoms. The van der Waals surface area contributed by atoms with E-state index in [2.05, 4.69) is 15.0 Å². The van der Waals surface area contributed by atoms with E-state index in [0.29, 0.717) is 23.8 Å². The molecule has 0 aliphatic carbocycles. The highest BCUT2D eigenvalue weighted by Gasteiger charge is 2.17. The maximum absolute atomic E-state index is 14.7. The van der Waals surface area contributed by atoms with Crippen LogP contribution in [0, 0.1) is 5.82 Å². The van der Waals surface area contributed by atoms with E-state index in [1.165, 1.54) is 6.42 Å². The topological polar surface area (TPSA) is 67.7 Å². The molecule has 5 nitrogen and oxygen atoms in total. The van der Waals surface area contributed by atoms with Gasteiger partial charge in [0.15, 0.2) is 11.7 Å². The smallest absolute Gasteiger partial charge is 0.191 e. The average molecular weight is 407 g/mol. The van der Waals surface area contributed by atoms with Crippen LogP contribution in [0.2, 0.25) is 0 Å². The maximum atomic E-state index is 14.7. The van der Waals surface area contributed by atoms with Crippen LogP contribution in [0.4, 0.5) is 4.39 Å². The molecule has 1 saturated heterocycles. The van der Waals surface area contributed by atoms with Crippen molar-refractivity contribution in [2.75, 3.05) is 13.1 Å². The zero-order valence-electron chi connectivity index (χ0n) is 17.2. The molecule has 4 rings (SSSR count). The molecule has 1 fully saturated rings. The molecule has 0 saturated carbocycles. The lowest BCUT2D eigenvalue weighted by Crippen LogP contribution is -2.40. The number of nitrogens with two attached hydrogens (primary N) is 1. The van der Waals surface area contributed by atoms with Crippen LogP contribution >= 0.6 is 0 Å². The van der Waals surface area contributed by atoms with Crippen molar-refractivity contribution in [1.82, 2.24) is 10.1 Å². The number of aromatic nitrogens is 1. The summed E-state index contributed by atoms with van der Waals surface area (Å²) in [5.74, 6) is 0.871. The van der Waals surface area contributed by atoms with E-state index in [9.17, 15) is 4.39 Å². The molecule has 0 amide bonds. The van der Waals surface area contributed by atoms with Gasteiger partial charge in [-0.3, -0.25) is 0 Å². The fourth-order valence-corrected chi connectivity index (χ4v) is 3.81. The van der Waals surface area contributed by atoms with Gasteiger partial charge in [-0.05, 0) is 36.5 Å². The molecule has 0 bridgehead atoms. The Morgan fingerprint density at radius 1 is 1.13 bits per heavy atom. The Hall–Kier alpha value is -3.15. The number of nitrogens with zero attached hydrogens (tertiary/aromatic N) is 3. The van der Waals surface area contributed by atoms with Gasteiger partial charge in [0, 0.05) is 30.6 Å². The Morgan fingerprint density at radius 2 is 1.90 bits per heavy atom. The predicted octanol–water partition coefficient (Wildman–Crippen LogP) is 4.93. The van der Waals surface area contributed by atoms with Gasteiger partial charge in [-0.1, -0.05) is 54.5 Å². The molecule has 1 atom stereocenters. The highest BCUT2D eigenvalue weighted by molar-refractivity contribution is 5.78. The van der Waals surface area contributed by atoms with Gasteiger partial charge >= 0.3 is 0 Å². The van der Waals surface area contributed by atoms with Crippen LogP contribution in [0.1, 0.15) is 49.1 Å². The monoisotopic (exact) mass is 406 g/mol. The first-order valence-electron chi connectivity index (χ1n) is 10.5. The normalized spacial score (nSPS) is 15.9. The Balaban J connectivity index is 1.45. The molecular formula is C24H27FN4O. The molecule has 1 aromatic heterocycles. The van der Waals surface area contributed by atoms with E-state index in [1.54, 1.807) is 6.07 Å². The van der Waals surface area contributed by atoms with Crippen molar-refractivity contribution in [3.05, 3.63) is 77.4 Å². The summed E-state index contributed by atoms with van der Waals surface area (Å²) in [6.45, 7) is 4.25. The van der Waals surface area contributed by atoms with E-state index < -0.39 is 0 Å². The zero-order valence-corrected chi connectivity index (χ0v) is 17.2. The van der Waals surface area contributed by atoms with Gasteiger partial charge in [-0.2, -0.15) is 0 Å². The molecule has 1 aliphatic rings. The van der Waals surface area contributed by atoms with E-state index in [-0.39, 0.29) is 11.7 Å². The fourth-order valence-electron chi connectivity index (χ4n) is 3.81. The van der Waals surface area contributed by atoms with Crippen LogP contribution in [0.25, 0.3) is 11.1 Å². The number of benzene rings is 2. The molecule has 3 aromatic rings. The number of halogens is 1. The Morgan fingerprint density at radius 3 is 2.63 bits per heavy atom. The zero-order chi connectivity index (χ0) is 20.9. The fraction of sp³-hybridized carbons (Fsp3) is 0.333. The molecule has 1 unspecified atom stereocenters. The summed E-state index contributed by atoms with van der Waals surface area (Å²) < 4.78 is 20.2. The van der Waals surface area contributed by atoms with Gasteiger partial charge in [-0.15, -0.1) is 0 Å². The Bertz CT molecular complexity index is 1010. The molecule has 2 N–H and O–H groups in total. The van der Waals surface area contributed by atoms with Gasteiger partial charge in [0.05, 0.1) is 5.69 Å². The second kappa shape index (κ2) is 9.11. The second-order valence-electron chi connectivity index (χ2n) is 7.77. The summed E-state index contributed by atoms with van der Waals surface area (Å²) in [5.41, 5.74) is 9.16. The number of piperidine rings is 1. The quantitative estimate of drug-likeness (QED) is 0.482. The summed E-state index contributed by atoms with van der Waals surface area (Å²) in [6.07, 6.45) is 3.56. The lowest BCUT2D eigenvalue weighted by atomic mass is 9.94. The first kappa shape index (κ1) is 20.1. The van der Waals surface area contributed by atoms with Crippen molar-refractivity contribution in [2.24, 2.45) is 10.7 Å². The highest BCUT2D eigenvalue weighted by atomic mass is 19.1. The van der Waals surface area contributed by atoms with E-state index in [0.717, 1.165) is 42.8 Å². The van der Waals surface area contributed by atoms with Gasteiger partial charge in [0.2, 0.25) is 0 Å². The molecule has 30 heavy (non-hydrogen) atoms. The maximum Gasteiger partial charge on any atom is 0.191 e. The summed E-state index contributed by atoms with van der Waals surface area (Å²) in [5, 5.41) is 4.17. The van der Waals surface area contributed by atoms with Crippen molar-refractivity contribution in [3.63, 3.8) is 0 Å². The third-order valence-corrected chi connectivity index (χ3v) is 5.68. The van der Waals surface area contributed by atoms with Crippen molar-refractivity contribution in [2.45, 2.75) is 38.6 Å². The lowest BCUT2D eigenvalue weighted by molar-refractivity contribution is 0.336. The first-order chi connectivity index (χ1) is 14.6. The molecule has 6 heteroatoms. The molecule has 2 aromatic carbocycles. The number of hydrogen-bond donors (Lipinski definition) is 1. The third kappa shape index (κ3) is 4.53. The summed E-state index contributed by atoms with van der Waals surface area (Å²) >= 11 is 0. The highest BCUT2D eigenvalue weighted by Crippen LogP contribution is 2.29. The van der Waals surface area contributed by atoms with E-state index in [4.69, 9.17) is 10.3 Å². The lowest BCUT2D eigenvalue weighted by Gasteiger charge is -2.27. The minimum Gasteiger partial charge on any atom is -0.370 e. The number of hydrogen-bond acceptors (Lipinski definition) is 3.